The molecule has 2 unspecified atom stereocenters. The Balaban J connectivity index is 1.62. The van der Waals surface area contributed by atoms with Crippen LogP contribution < -0.4 is 0 Å². The van der Waals surface area contributed by atoms with E-state index >= 15 is 0 Å². The third-order valence-corrected chi connectivity index (χ3v) is 5.34. The van der Waals surface area contributed by atoms with Crippen molar-refractivity contribution < 1.29 is 0 Å². The molecule has 0 aromatic heterocycles. The molecule has 0 nitrogen and oxygen atoms in total. The van der Waals surface area contributed by atoms with E-state index in [0.717, 1.165) is 24.3 Å². The van der Waals surface area contributed by atoms with Crippen LogP contribution in [0.15, 0.2) is 60.7 Å². The molecule has 0 saturated heterocycles. The van der Waals surface area contributed by atoms with Crippen LogP contribution in [0, 0.1) is 0 Å². The third kappa shape index (κ3) is 5.94. The molecule has 2 rings (SSSR count). The molecule has 2 aromatic carbocycles. The van der Waals surface area contributed by atoms with Crippen LogP contribution >= 0.6 is 35.0 Å². The molecule has 0 bridgehead atoms. The van der Waals surface area contributed by atoms with Gasteiger partial charge in [-0.2, -0.15) is 11.8 Å². The number of hydrogen-bond acceptors (Lipinski definition) is 1. The number of thioether (sulfide) groups is 1. The van der Waals surface area contributed by atoms with Crippen LogP contribution in [0.1, 0.15) is 34.7 Å². The quantitative estimate of drug-likeness (QED) is 0.393. The highest BCUT2D eigenvalue weighted by Crippen LogP contribution is 2.28. The summed E-state index contributed by atoms with van der Waals surface area (Å²) in [5.74, 6) is 2.14. The van der Waals surface area contributed by atoms with E-state index in [1.165, 1.54) is 11.1 Å². The van der Waals surface area contributed by atoms with Gasteiger partial charge in [0.2, 0.25) is 0 Å². The molecule has 0 aliphatic heterocycles. The lowest BCUT2D eigenvalue weighted by atomic mass is 10.1. The summed E-state index contributed by atoms with van der Waals surface area (Å²) in [7, 11) is 0. The predicted octanol–water partition coefficient (Wildman–Crippen LogP) is 6.46. The maximum absolute atomic E-state index is 6.40. The highest BCUT2D eigenvalue weighted by atomic mass is 35.5. The highest BCUT2D eigenvalue weighted by molar-refractivity contribution is 7.99. The Morgan fingerprint density at radius 2 is 1.05 bits per heavy atom. The van der Waals surface area contributed by atoms with E-state index in [1.54, 1.807) is 0 Å². The molecule has 0 amide bonds. The molecule has 2 aromatic rings. The molecule has 0 aliphatic carbocycles. The summed E-state index contributed by atoms with van der Waals surface area (Å²) < 4.78 is 0. The van der Waals surface area contributed by atoms with Crippen molar-refractivity contribution in [3.05, 3.63) is 71.8 Å². The molecule has 112 valence electrons. The Bertz CT molecular complexity index is 454. The first-order valence-electron chi connectivity index (χ1n) is 7.23. The molecule has 0 aliphatic rings. The normalized spacial score (nSPS) is 13.8. The van der Waals surface area contributed by atoms with E-state index in [0.29, 0.717) is 0 Å². The van der Waals surface area contributed by atoms with Crippen molar-refractivity contribution >= 4 is 35.0 Å². The molecule has 21 heavy (non-hydrogen) atoms. The summed E-state index contributed by atoms with van der Waals surface area (Å²) in [4.78, 5) is 0. The first-order valence-corrected chi connectivity index (χ1v) is 9.26. The van der Waals surface area contributed by atoms with E-state index in [4.69, 9.17) is 23.2 Å². The third-order valence-electron chi connectivity index (χ3n) is 3.35. The van der Waals surface area contributed by atoms with Crippen LogP contribution in [0.25, 0.3) is 0 Å². The highest BCUT2D eigenvalue weighted by Gasteiger charge is 2.09. The van der Waals surface area contributed by atoms with Gasteiger partial charge < -0.3 is 0 Å². The number of hydrogen-bond donors (Lipinski definition) is 0. The van der Waals surface area contributed by atoms with Gasteiger partial charge in [-0.15, -0.1) is 23.2 Å². The Morgan fingerprint density at radius 3 is 1.43 bits per heavy atom. The van der Waals surface area contributed by atoms with E-state index < -0.39 is 0 Å². The Labute approximate surface area is 141 Å². The second-order valence-corrected chi connectivity index (χ2v) is 7.22. The van der Waals surface area contributed by atoms with Crippen molar-refractivity contribution in [2.45, 2.75) is 23.6 Å². The summed E-state index contributed by atoms with van der Waals surface area (Å²) >= 11 is 14.7. The van der Waals surface area contributed by atoms with Gasteiger partial charge in [-0.05, 0) is 35.5 Å². The smallest absolute Gasteiger partial charge is 0.0593 e. The Morgan fingerprint density at radius 1 is 0.667 bits per heavy atom. The van der Waals surface area contributed by atoms with Crippen LogP contribution in [-0.2, 0) is 0 Å². The van der Waals surface area contributed by atoms with E-state index in [-0.39, 0.29) is 10.8 Å². The van der Waals surface area contributed by atoms with Gasteiger partial charge in [0.1, 0.15) is 0 Å². The minimum absolute atomic E-state index is 0.111. The van der Waals surface area contributed by atoms with E-state index in [9.17, 15) is 0 Å². The fourth-order valence-electron chi connectivity index (χ4n) is 2.13. The molecular formula is C18H20Cl2S. The molecule has 0 saturated carbocycles. The molecule has 0 spiro atoms. The minimum Gasteiger partial charge on any atom is -0.162 e. The fraction of sp³-hybridized carbons (Fsp3) is 0.333. The van der Waals surface area contributed by atoms with Gasteiger partial charge in [-0.3, -0.25) is 0 Å². The van der Waals surface area contributed by atoms with Gasteiger partial charge in [0.25, 0.3) is 0 Å². The van der Waals surface area contributed by atoms with Crippen LogP contribution in [0.2, 0.25) is 0 Å². The van der Waals surface area contributed by atoms with Gasteiger partial charge in [-0.25, -0.2) is 0 Å². The minimum atomic E-state index is 0.111. The van der Waals surface area contributed by atoms with Crippen molar-refractivity contribution in [2.24, 2.45) is 0 Å². The van der Waals surface area contributed by atoms with Crippen LogP contribution in [0.5, 0.6) is 0 Å². The first-order chi connectivity index (χ1) is 10.3. The number of halogens is 2. The number of benzene rings is 2. The molecular weight excluding hydrogens is 319 g/mol. The van der Waals surface area contributed by atoms with E-state index in [2.05, 4.69) is 24.3 Å². The van der Waals surface area contributed by atoms with Crippen molar-refractivity contribution in [2.75, 3.05) is 11.5 Å². The van der Waals surface area contributed by atoms with Crippen molar-refractivity contribution in [3.8, 4) is 0 Å². The topological polar surface area (TPSA) is 0 Å². The summed E-state index contributed by atoms with van der Waals surface area (Å²) in [6, 6.07) is 20.5. The number of alkyl halides is 2. The summed E-state index contributed by atoms with van der Waals surface area (Å²) in [5.41, 5.74) is 2.42. The second-order valence-electron chi connectivity index (χ2n) is 4.95. The van der Waals surface area contributed by atoms with Crippen molar-refractivity contribution in [1.82, 2.24) is 0 Å². The maximum Gasteiger partial charge on any atom is 0.0593 e. The molecule has 0 fully saturated rings. The predicted molar refractivity (Wildman–Crippen MR) is 96.6 cm³/mol. The lowest BCUT2D eigenvalue weighted by molar-refractivity contribution is 0.877. The lowest BCUT2D eigenvalue weighted by Gasteiger charge is -2.11. The zero-order chi connectivity index (χ0) is 14.9. The van der Waals surface area contributed by atoms with Gasteiger partial charge in [0.15, 0.2) is 0 Å². The van der Waals surface area contributed by atoms with Gasteiger partial charge in [-0.1, -0.05) is 60.7 Å². The Kier molecular flexibility index (Phi) is 7.49. The average Bonchev–Trinajstić information content (AvgIpc) is 2.55. The first kappa shape index (κ1) is 16.7. The monoisotopic (exact) mass is 338 g/mol. The number of rotatable bonds is 8. The second kappa shape index (κ2) is 9.40. The zero-order valence-electron chi connectivity index (χ0n) is 11.9. The Hall–Kier alpha value is -0.630. The zero-order valence-corrected chi connectivity index (χ0v) is 14.2. The molecule has 0 N–H and O–H groups in total. The summed E-state index contributed by atoms with van der Waals surface area (Å²) in [6.45, 7) is 0. The molecule has 0 heterocycles. The molecule has 3 heteroatoms. The standard InChI is InChI=1S/C18H20Cl2S/c19-17(15-7-3-1-4-8-15)11-13-21-14-12-18(20)16-9-5-2-6-10-16/h1-10,17-18H,11-14H2. The molecule has 0 radical (unpaired) electrons. The largest absolute Gasteiger partial charge is 0.162 e. The average molecular weight is 339 g/mol. The van der Waals surface area contributed by atoms with Crippen LogP contribution in [0.3, 0.4) is 0 Å². The van der Waals surface area contributed by atoms with Crippen molar-refractivity contribution in [3.63, 3.8) is 0 Å². The lowest BCUT2D eigenvalue weighted by Crippen LogP contribution is -1.95. The van der Waals surface area contributed by atoms with Crippen LogP contribution in [0.4, 0.5) is 0 Å². The van der Waals surface area contributed by atoms with Crippen LogP contribution in [-0.4, -0.2) is 11.5 Å². The SMILES string of the molecule is ClC(CCSCCC(Cl)c1ccccc1)c1ccccc1. The van der Waals surface area contributed by atoms with Gasteiger partial charge in [0, 0.05) is 0 Å². The van der Waals surface area contributed by atoms with Crippen molar-refractivity contribution in [1.29, 1.82) is 0 Å². The van der Waals surface area contributed by atoms with Gasteiger partial charge in [0.05, 0.1) is 10.8 Å². The fourth-order valence-corrected chi connectivity index (χ4v) is 3.91. The molecule has 2 atom stereocenters. The van der Waals surface area contributed by atoms with Gasteiger partial charge >= 0.3 is 0 Å². The summed E-state index contributed by atoms with van der Waals surface area (Å²) in [5, 5.41) is 0.222. The summed E-state index contributed by atoms with van der Waals surface area (Å²) in [6.07, 6.45) is 1.99. The maximum atomic E-state index is 6.40. The van der Waals surface area contributed by atoms with E-state index in [1.807, 2.05) is 48.2 Å².